The van der Waals surface area contributed by atoms with Crippen LogP contribution in [0.1, 0.15) is 406 Å². The lowest BCUT2D eigenvalue weighted by molar-refractivity contribution is -0.143. The molecule has 0 fully saturated rings. The van der Waals surface area contributed by atoms with Crippen LogP contribution in [0.3, 0.4) is 0 Å². The van der Waals surface area contributed by atoms with Gasteiger partial charge in [-0.25, -0.2) is 0 Å². The molecule has 77 heavy (non-hydrogen) atoms. The van der Waals surface area contributed by atoms with Crippen molar-refractivity contribution < 1.29 is 24.5 Å². The third kappa shape index (κ3) is 63.6. The van der Waals surface area contributed by atoms with E-state index in [0.29, 0.717) is 25.9 Å². The van der Waals surface area contributed by atoms with Crippen molar-refractivity contribution in [3.8, 4) is 0 Å². The molecule has 1 amide bonds. The normalized spacial score (nSPS) is 12.5. The summed E-state index contributed by atoms with van der Waals surface area (Å²) in [6, 6.07) is -0.543. The first-order chi connectivity index (χ1) is 38.0. The predicted molar refractivity (Wildman–Crippen MR) is 338 cm³/mol. The number of amides is 1. The second kappa shape index (κ2) is 67.1. The van der Waals surface area contributed by atoms with Gasteiger partial charge in [0.2, 0.25) is 5.91 Å². The Morgan fingerprint density at radius 3 is 0.922 bits per heavy atom. The highest BCUT2D eigenvalue weighted by molar-refractivity contribution is 5.76. The fourth-order valence-electron chi connectivity index (χ4n) is 11.4. The maximum absolute atomic E-state index is 12.6. The third-order valence-corrected chi connectivity index (χ3v) is 16.8. The van der Waals surface area contributed by atoms with Crippen LogP contribution in [0.15, 0.2) is 12.2 Å². The van der Waals surface area contributed by atoms with Gasteiger partial charge >= 0.3 is 5.97 Å². The van der Waals surface area contributed by atoms with E-state index in [1.54, 1.807) is 0 Å². The Hall–Kier alpha value is -1.40. The molecular weight excluding hydrogens is 947 g/mol. The molecule has 0 spiro atoms. The molecule has 458 valence electrons. The molecule has 0 aromatic heterocycles. The molecule has 0 aliphatic heterocycles. The number of nitrogens with one attached hydrogen (secondary N) is 1. The lowest BCUT2D eigenvalue weighted by Crippen LogP contribution is -2.45. The van der Waals surface area contributed by atoms with Crippen molar-refractivity contribution in [2.45, 2.75) is 418 Å². The van der Waals surface area contributed by atoms with Gasteiger partial charge in [-0.15, -0.1) is 0 Å². The Labute approximate surface area is 482 Å². The Kier molecular flexibility index (Phi) is 65.9. The van der Waals surface area contributed by atoms with Crippen LogP contribution in [0.4, 0.5) is 0 Å². The van der Waals surface area contributed by atoms with E-state index in [1.807, 2.05) is 0 Å². The fourth-order valence-corrected chi connectivity index (χ4v) is 11.4. The molecule has 0 rings (SSSR count). The molecule has 0 aliphatic rings. The largest absolute Gasteiger partial charge is 0.466 e. The summed E-state index contributed by atoms with van der Waals surface area (Å²) in [5.41, 5.74) is 0. The first-order valence-electron chi connectivity index (χ1n) is 35.4. The fraction of sp³-hybridized carbons (Fsp3) is 0.944. The zero-order valence-corrected chi connectivity index (χ0v) is 52.5. The number of carbonyl (C=O) groups excluding carboxylic acids is 2. The van der Waals surface area contributed by atoms with Crippen LogP contribution in [0.5, 0.6) is 0 Å². The molecule has 0 saturated carbocycles. The number of rotatable bonds is 67. The minimum absolute atomic E-state index is 0.0151. The van der Waals surface area contributed by atoms with Crippen molar-refractivity contribution in [3.05, 3.63) is 12.2 Å². The Balaban J connectivity index is 3.39. The highest BCUT2D eigenvalue weighted by Crippen LogP contribution is 2.19. The zero-order chi connectivity index (χ0) is 55.7. The van der Waals surface area contributed by atoms with E-state index in [9.17, 15) is 19.8 Å². The lowest BCUT2D eigenvalue weighted by Gasteiger charge is -2.22. The average molecular weight is 1090 g/mol. The number of allylic oxidation sites excluding steroid dienone is 2. The highest BCUT2D eigenvalue weighted by Gasteiger charge is 2.20. The summed E-state index contributed by atoms with van der Waals surface area (Å²) in [4.78, 5) is 24.6. The summed E-state index contributed by atoms with van der Waals surface area (Å²) in [6.45, 7) is 4.99. The molecule has 0 saturated heterocycles. The molecule has 3 N–H and O–H groups in total. The smallest absolute Gasteiger partial charge is 0.305 e. The maximum atomic E-state index is 12.6. The number of esters is 1. The molecule has 0 heterocycles. The van der Waals surface area contributed by atoms with Gasteiger partial charge in [-0.3, -0.25) is 9.59 Å². The van der Waals surface area contributed by atoms with Crippen molar-refractivity contribution in [2.75, 3.05) is 13.2 Å². The highest BCUT2D eigenvalue weighted by atomic mass is 16.5. The summed E-state index contributed by atoms with van der Waals surface area (Å²) in [7, 11) is 0. The summed E-state index contributed by atoms with van der Waals surface area (Å²) in [5.74, 6) is -0.0166. The van der Waals surface area contributed by atoms with Crippen LogP contribution in [-0.2, 0) is 14.3 Å². The first kappa shape index (κ1) is 75.6. The molecule has 6 heteroatoms. The molecule has 0 aromatic rings. The summed E-state index contributed by atoms with van der Waals surface area (Å²) in [5, 5.41) is 23.4. The maximum Gasteiger partial charge on any atom is 0.305 e. The predicted octanol–water partition coefficient (Wildman–Crippen LogP) is 22.8. The molecule has 0 radical (unpaired) electrons. The Bertz CT molecular complexity index is 1160. The van der Waals surface area contributed by atoms with Gasteiger partial charge < -0.3 is 20.3 Å². The van der Waals surface area contributed by atoms with Crippen LogP contribution in [0.25, 0.3) is 0 Å². The van der Waals surface area contributed by atoms with Crippen LogP contribution < -0.4 is 5.32 Å². The second-order valence-corrected chi connectivity index (χ2v) is 24.6. The minimum atomic E-state index is -0.666. The molecule has 0 aromatic carbocycles. The van der Waals surface area contributed by atoms with Gasteiger partial charge in [0, 0.05) is 12.8 Å². The van der Waals surface area contributed by atoms with Gasteiger partial charge in [-0.05, 0) is 51.4 Å². The van der Waals surface area contributed by atoms with E-state index in [1.165, 1.54) is 334 Å². The summed E-state index contributed by atoms with van der Waals surface area (Å²) >= 11 is 0. The van der Waals surface area contributed by atoms with E-state index in [0.717, 1.165) is 38.5 Å². The van der Waals surface area contributed by atoms with E-state index >= 15 is 0 Å². The van der Waals surface area contributed by atoms with Crippen molar-refractivity contribution in [3.63, 3.8) is 0 Å². The molecule has 0 aliphatic carbocycles. The van der Waals surface area contributed by atoms with Crippen LogP contribution in [0.2, 0.25) is 0 Å². The second-order valence-electron chi connectivity index (χ2n) is 24.6. The number of aliphatic hydroxyl groups is 2. The Morgan fingerprint density at radius 1 is 0.351 bits per heavy atom. The minimum Gasteiger partial charge on any atom is -0.466 e. The number of unbranched alkanes of at least 4 members (excludes halogenated alkanes) is 54. The van der Waals surface area contributed by atoms with Crippen LogP contribution in [-0.4, -0.2) is 47.4 Å². The van der Waals surface area contributed by atoms with Crippen LogP contribution >= 0.6 is 0 Å². The van der Waals surface area contributed by atoms with E-state index in [4.69, 9.17) is 4.74 Å². The van der Waals surface area contributed by atoms with E-state index in [-0.39, 0.29) is 18.5 Å². The third-order valence-electron chi connectivity index (χ3n) is 16.8. The number of hydrogen-bond acceptors (Lipinski definition) is 5. The lowest BCUT2D eigenvalue weighted by atomic mass is 10.0. The van der Waals surface area contributed by atoms with Crippen LogP contribution in [0, 0.1) is 0 Å². The summed E-state index contributed by atoms with van der Waals surface area (Å²) < 4.78 is 5.47. The van der Waals surface area contributed by atoms with Crippen molar-refractivity contribution in [1.82, 2.24) is 5.32 Å². The van der Waals surface area contributed by atoms with Crippen molar-refractivity contribution >= 4 is 11.9 Å². The molecular formula is C71H139NO5. The Morgan fingerprint density at radius 2 is 0.610 bits per heavy atom. The van der Waals surface area contributed by atoms with Gasteiger partial charge in [0.25, 0.3) is 0 Å². The molecule has 0 bridgehead atoms. The summed E-state index contributed by atoms with van der Waals surface area (Å²) in [6.07, 6.45) is 82.6. The van der Waals surface area contributed by atoms with Gasteiger partial charge in [0.05, 0.1) is 25.4 Å². The zero-order valence-electron chi connectivity index (χ0n) is 52.5. The quantitative estimate of drug-likeness (QED) is 0.0320. The standard InChI is InChI=1S/C71H139NO5/c1-3-5-7-9-11-13-15-16-17-18-19-20-25-28-31-34-37-40-44-47-51-55-59-63-69(74)68(67-73)72-70(75)64-60-56-52-48-45-41-38-35-32-29-26-23-21-22-24-27-30-33-36-39-42-46-50-54-58-62-66-77-71(76)65-61-57-53-49-43-14-12-10-8-6-4-2/h21,23,68-69,73-74H,3-20,22,24-67H2,1-2H3,(H,72,75)/b23-21-. The van der Waals surface area contributed by atoms with Gasteiger partial charge in [-0.1, -0.05) is 353 Å². The topological polar surface area (TPSA) is 95.9 Å². The number of aliphatic hydroxyl groups excluding tert-OH is 2. The van der Waals surface area contributed by atoms with Gasteiger partial charge in [0.1, 0.15) is 0 Å². The van der Waals surface area contributed by atoms with Crippen molar-refractivity contribution in [1.29, 1.82) is 0 Å². The molecule has 6 nitrogen and oxygen atoms in total. The van der Waals surface area contributed by atoms with E-state index in [2.05, 4.69) is 31.3 Å². The molecule has 2 atom stereocenters. The molecule has 2 unspecified atom stereocenters. The number of ether oxygens (including phenoxy) is 1. The SMILES string of the molecule is CCCCCCCCCCCCCCCCCCCCCCCCCC(O)C(CO)NC(=O)CCCCCCCCCCCC/C=C\CCCCCCCCCCCCCCOC(=O)CCCCCCCCCCCCC. The number of carbonyl (C=O) groups is 2. The average Bonchev–Trinajstić information content (AvgIpc) is 3.43. The first-order valence-corrected chi connectivity index (χ1v) is 35.4. The van der Waals surface area contributed by atoms with Gasteiger partial charge in [0.15, 0.2) is 0 Å². The van der Waals surface area contributed by atoms with E-state index < -0.39 is 12.1 Å². The van der Waals surface area contributed by atoms with Gasteiger partial charge in [-0.2, -0.15) is 0 Å². The monoisotopic (exact) mass is 1090 g/mol. The number of hydrogen-bond donors (Lipinski definition) is 3. The van der Waals surface area contributed by atoms with Crippen molar-refractivity contribution in [2.24, 2.45) is 0 Å².